The summed E-state index contributed by atoms with van der Waals surface area (Å²) in [7, 11) is 0. The number of rotatable bonds is 3. The van der Waals surface area contributed by atoms with E-state index in [1.807, 2.05) is 11.3 Å². The van der Waals surface area contributed by atoms with Crippen LogP contribution in [0.25, 0.3) is 31.3 Å². The van der Waals surface area contributed by atoms with Gasteiger partial charge in [0.15, 0.2) is 0 Å². The minimum Gasteiger partial charge on any atom is -0.311 e. The first-order chi connectivity index (χ1) is 34.2. The number of nitrogens with zero attached hydrogens (tertiary/aromatic N) is 2. The number of para-hydroxylation sites is 1. The zero-order valence-corrected chi connectivity index (χ0v) is 43.0. The first kappa shape index (κ1) is 42.7. The second-order valence-corrected chi connectivity index (χ2v) is 24.1. The average Bonchev–Trinajstić information content (AvgIpc) is 3.74. The highest BCUT2D eigenvalue weighted by molar-refractivity contribution is 7.26. The molecule has 0 N–H and O–H groups in total. The summed E-state index contributed by atoms with van der Waals surface area (Å²) in [6, 6.07) is 70.4. The first-order valence-electron chi connectivity index (χ1n) is 25.5. The van der Waals surface area contributed by atoms with Crippen LogP contribution in [0.5, 0.6) is 0 Å². The van der Waals surface area contributed by atoms with Crippen molar-refractivity contribution in [1.29, 1.82) is 0 Å². The fraction of sp³-hybridized carbons (Fsp3) is 0.194. The number of hydrogen-bond acceptors (Lipinski definition) is 3. The average molecular weight is 933 g/mol. The van der Waals surface area contributed by atoms with Gasteiger partial charge in [-0.25, -0.2) is 0 Å². The standard InChI is InChI=1S/C67H57BN2S/c1-40-21-13-19-29-56(40)70-58-39-62-45(44-24-14-20-30-61(44)71-62)36-54(58)68-55-37-52-53(67(8,9)49-28-18-17-27-48(49)66(52,6)7)38-57(55)69(59-33-42(34-60(70)63(59)68)41-22-11-10-12-23-41)43-31-32-50-51(35-43)65(4,5)47-26-16-15-25-46(47)64(50,2)3/h10-39H,1-9H3. The lowest BCUT2D eigenvalue weighted by Crippen LogP contribution is -2.62. The molecule has 4 aliphatic rings. The predicted octanol–water partition coefficient (Wildman–Crippen LogP) is 16.0. The van der Waals surface area contributed by atoms with Crippen LogP contribution in [0.3, 0.4) is 0 Å². The Kier molecular flexibility index (Phi) is 8.72. The van der Waals surface area contributed by atoms with Gasteiger partial charge < -0.3 is 9.80 Å². The predicted molar refractivity (Wildman–Crippen MR) is 305 cm³/mol. The van der Waals surface area contributed by atoms with E-state index in [0.29, 0.717) is 0 Å². The summed E-state index contributed by atoms with van der Waals surface area (Å²) in [5, 5.41) is 2.66. The van der Waals surface area contributed by atoms with Gasteiger partial charge in [-0.2, -0.15) is 0 Å². The number of benzene rings is 9. The van der Waals surface area contributed by atoms with E-state index >= 15 is 0 Å². The SMILES string of the molecule is Cc1ccccc1N1c2cc3sc4ccccc4c3cc2B2c3cc4c(cc3N(c3ccc5c(c3)C(C)(C)c3ccccc3C5(C)C)c3cc(-c5ccccc5)cc1c32)C(C)(C)c1ccccc1C4(C)C. The third kappa shape index (κ3) is 5.72. The second kappa shape index (κ2) is 14.5. The van der Waals surface area contributed by atoms with Crippen molar-refractivity contribution in [2.24, 2.45) is 0 Å². The third-order valence-electron chi connectivity index (χ3n) is 17.7. The molecule has 0 atom stereocenters. The van der Waals surface area contributed by atoms with E-state index in [9.17, 15) is 0 Å². The van der Waals surface area contributed by atoms with Gasteiger partial charge in [0.25, 0.3) is 6.71 Å². The fourth-order valence-corrected chi connectivity index (χ4v) is 15.0. The summed E-state index contributed by atoms with van der Waals surface area (Å²) in [6.45, 7) is 21.8. The molecule has 2 aliphatic carbocycles. The molecular weight excluding hydrogens is 876 g/mol. The highest BCUT2D eigenvalue weighted by Crippen LogP contribution is 2.56. The van der Waals surface area contributed by atoms with Gasteiger partial charge in [0.1, 0.15) is 0 Å². The Balaban J connectivity index is 1.14. The van der Waals surface area contributed by atoms with Crippen LogP contribution in [-0.4, -0.2) is 6.71 Å². The molecule has 344 valence electrons. The second-order valence-electron chi connectivity index (χ2n) is 23.0. The van der Waals surface area contributed by atoms with E-state index in [1.165, 1.54) is 132 Å². The number of aryl methyl sites for hydroxylation is 1. The van der Waals surface area contributed by atoms with E-state index in [-0.39, 0.29) is 28.4 Å². The Morgan fingerprint density at radius 3 is 1.52 bits per heavy atom. The van der Waals surface area contributed by atoms with E-state index < -0.39 is 0 Å². The summed E-state index contributed by atoms with van der Waals surface area (Å²) in [4.78, 5) is 5.31. The Hall–Kier alpha value is -7.14. The van der Waals surface area contributed by atoms with Gasteiger partial charge in [-0.05, 0) is 138 Å². The minimum atomic E-state index is -0.237. The molecule has 0 saturated heterocycles. The first-order valence-corrected chi connectivity index (χ1v) is 26.4. The van der Waals surface area contributed by atoms with Crippen molar-refractivity contribution in [3.8, 4) is 11.1 Å². The molecule has 2 nitrogen and oxygen atoms in total. The van der Waals surface area contributed by atoms with E-state index in [2.05, 4.69) is 254 Å². The zero-order chi connectivity index (χ0) is 48.5. The van der Waals surface area contributed by atoms with Crippen LogP contribution < -0.4 is 26.2 Å². The number of anilines is 6. The van der Waals surface area contributed by atoms with Crippen molar-refractivity contribution >= 4 is 88.7 Å². The molecular formula is C67H57BN2S. The number of thiophene rings is 1. The Bertz CT molecular complexity index is 3930. The van der Waals surface area contributed by atoms with Gasteiger partial charge >= 0.3 is 0 Å². The van der Waals surface area contributed by atoms with Crippen molar-refractivity contribution in [2.45, 2.75) is 84.0 Å². The van der Waals surface area contributed by atoms with Gasteiger partial charge in [-0.1, -0.05) is 189 Å². The smallest absolute Gasteiger partial charge is 0.252 e. The lowest BCUT2D eigenvalue weighted by molar-refractivity contribution is 0.520. The van der Waals surface area contributed by atoms with Crippen LogP contribution in [0.15, 0.2) is 182 Å². The van der Waals surface area contributed by atoms with Gasteiger partial charge in [-0.15, -0.1) is 11.3 Å². The minimum absolute atomic E-state index is 0.0457. The Labute approximate surface area is 423 Å². The third-order valence-corrected chi connectivity index (χ3v) is 18.8. The largest absolute Gasteiger partial charge is 0.311 e. The molecule has 0 radical (unpaired) electrons. The molecule has 0 bridgehead atoms. The van der Waals surface area contributed by atoms with Crippen LogP contribution in [0, 0.1) is 6.92 Å². The molecule has 0 fully saturated rings. The topological polar surface area (TPSA) is 6.48 Å². The van der Waals surface area contributed by atoms with Crippen LogP contribution in [0.4, 0.5) is 34.1 Å². The maximum Gasteiger partial charge on any atom is 0.252 e. The van der Waals surface area contributed by atoms with Crippen molar-refractivity contribution in [2.75, 3.05) is 9.80 Å². The van der Waals surface area contributed by atoms with Crippen LogP contribution in [-0.2, 0) is 21.7 Å². The zero-order valence-electron chi connectivity index (χ0n) is 42.2. The lowest BCUT2D eigenvalue weighted by atomic mass is 9.33. The summed E-state index contributed by atoms with van der Waals surface area (Å²) in [6.07, 6.45) is 0. The lowest BCUT2D eigenvalue weighted by Gasteiger charge is -2.48. The maximum atomic E-state index is 2.68. The number of fused-ring (bicyclic) bond motifs is 11. The maximum absolute atomic E-state index is 2.68. The fourth-order valence-electron chi connectivity index (χ4n) is 13.9. The molecule has 9 aromatic carbocycles. The summed E-state index contributed by atoms with van der Waals surface area (Å²) in [5.74, 6) is 0. The quantitative estimate of drug-likeness (QED) is 0.163. The molecule has 0 amide bonds. The molecule has 14 rings (SSSR count). The van der Waals surface area contributed by atoms with Crippen LogP contribution >= 0.6 is 11.3 Å². The normalized spacial score (nSPS) is 16.9. The van der Waals surface area contributed by atoms with Crippen LogP contribution in [0.1, 0.15) is 105 Å². The molecule has 0 saturated carbocycles. The molecule has 0 spiro atoms. The van der Waals surface area contributed by atoms with Gasteiger partial charge in [0, 0.05) is 70.6 Å². The molecule has 71 heavy (non-hydrogen) atoms. The Morgan fingerprint density at radius 1 is 0.352 bits per heavy atom. The Morgan fingerprint density at radius 2 is 0.859 bits per heavy atom. The number of hydrogen-bond donors (Lipinski definition) is 0. The highest BCUT2D eigenvalue weighted by atomic mass is 32.1. The molecule has 2 aliphatic heterocycles. The molecule has 1 aromatic heterocycles. The van der Waals surface area contributed by atoms with E-state index in [1.54, 1.807) is 0 Å². The van der Waals surface area contributed by atoms with Gasteiger partial charge in [0.2, 0.25) is 0 Å². The van der Waals surface area contributed by atoms with Gasteiger partial charge in [-0.3, -0.25) is 0 Å². The molecule has 0 unspecified atom stereocenters. The van der Waals surface area contributed by atoms with Crippen molar-refractivity contribution in [3.05, 3.63) is 232 Å². The molecule has 10 aromatic rings. The molecule has 3 heterocycles. The van der Waals surface area contributed by atoms with Crippen molar-refractivity contribution in [1.82, 2.24) is 0 Å². The summed E-state index contributed by atoms with van der Waals surface area (Å²) >= 11 is 1.91. The van der Waals surface area contributed by atoms with E-state index in [4.69, 9.17) is 0 Å². The van der Waals surface area contributed by atoms with Crippen molar-refractivity contribution in [3.63, 3.8) is 0 Å². The van der Waals surface area contributed by atoms with E-state index in [0.717, 1.165) is 0 Å². The van der Waals surface area contributed by atoms with Crippen molar-refractivity contribution < 1.29 is 0 Å². The van der Waals surface area contributed by atoms with Gasteiger partial charge in [0.05, 0.1) is 0 Å². The summed E-state index contributed by atoms with van der Waals surface area (Å²) < 4.78 is 2.64. The summed E-state index contributed by atoms with van der Waals surface area (Å²) in [5.41, 5.74) is 25.5. The highest BCUT2D eigenvalue weighted by Gasteiger charge is 2.49. The van der Waals surface area contributed by atoms with Crippen LogP contribution in [0.2, 0.25) is 0 Å². The molecule has 4 heteroatoms. The monoisotopic (exact) mass is 932 g/mol.